The van der Waals surface area contributed by atoms with E-state index in [1.54, 1.807) is 0 Å². The highest BCUT2D eigenvalue weighted by Gasteiger charge is 2.12. The van der Waals surface area contributed by atoms with Crippen LogP contribution in [0.2, 0.25) is 0 Å². The lowest BCUT2D eigenvalue weighted by atomic mass is 9.86. The highest BCUT2D eigenvalue weighted by Crippen LogP contribution is 2.22. The van der Waals surface area contributed by atoms with Gasteiger partial charge in [0.15, 0.2) is 6.86 Å². The average molecular weight is 224 g/mol. The van der Waals surface area contributed by atoms with E-state index in [1.165, 1.54) is 11.1 Å². The van der Waals surface area contributed by atoms with Crippen molar-refractivity contribution in [2.45, 2.75) is 39.0 Å². The van der Waals surface area contributed by atoms with Gasteiger partial charge in [0.1, 0.15) is 0 Å². The Hall–Kier alpha value is -0.890. The number of rotatable bonds is 5. The first kappa shape index (κ1) is 13.2. The average Bonchev–Trinajstić information content (AvgIpc) is 2.24. The summed E-state index contributed by atoms with van der Waals surface area (Å²) in [6.45, 7) is 6.44. The van der Waals surface area contributed by atoms with Crippen LogP contribution in [0.1, 0.15) is 38.3 Å². The first-order chi connectivity index (χ1) is 7.54. The van der Waals surface area contributed by atoms with Gasteiger partial charge in [0.2, 0.25) is 0 Å². The van der Waals surface area contributed by atoms with Crippen LogP contribution in [-0.2, 0) is 16.6 Å². The van der Waals surface area contributed by atoms with E-state index in [4.69, 9.17) is 0 Å². The van der Waals surface area contributed by atoms with Crippen molar-refractivity contribution in [3.05, 3.63) is 35.4 Å². The summed E-state index contributed by atoms with van der Waals surface area (Å²) in [6.07, 6.45) is 1.82. The fourth-order valence-corrected chi connectivity index (χ4v) is 1.60. The molecule has 90 valence electrons. The second-order valence-electron chi connectivity index (χ2n) is 5.07. The molecule has 1 nitrogen and oxygen atoms in total. The smallest absolute Gasteiger partial charge is 0.188 e. The van der Waals surface area contributed by atoms with Crippen molar-refractivity contribution in [3.63, 3.8) is 0 Å². The minimum atomic E-state index is -0.678. The number of benzene rings is 1. The van der Waals surface area contributed by atoms with Crippen LogP contribution in [0.25, 0.3) is 0 Å². The van der Waals surface area contributed by atoms with E-state index >= 15 is 0 Å². The number of hydrogen-bond acceptors (Lipinski definition) is 1. The maximum atomic E-state index is 11.7. The van der Waals surface area contributed by atoms with Crippen LogP contribution in [0.4, 0.5) is 4.39 Å². The van der Waals surface area contributed by atoms with E-state index in [9.17, 15) is 4.39 Å². The predicted molar refractivity (Wildman–Crippen MR) is 65.4 cm³/mol. The van der Waals surface area contributed by atoms with Gasteiger partial charge in [0, 0.05) is 0 Å². The first-order valence-corrected chi connectivity index (χ1v) is 5.77. The third kappa shape index (κ3) is 4.31. The van der Waals surface area contributed by atoms with Gasteiger partial charge in [-0.05, 0) is 29.4 Å². The molecule has 0 saturated carbocycles. The van der Waals surface area contributed by atoms with Gasteiger partial charge < -0.3 is 4.74 Å². The summed E-state index contributed by atoms with van der Waals surface area (Å²) in [5.74, 6) is 0. The zero-order valence-electron chi connectivity index (χ0n) is 10.4. The fraction of sp³-hybridized carbons (Fsp3) is 0.571. The molecule has 0 spiro atoms. The third-order valence-electron chi connectivity index (χ3n) is 2.65. The number of aryl methyl sites for hydroxylation is 1. The Bertz CT molecular complexity index is 298. The number of halogens is 1. The molecular formula is C14H21FO. The van der Waals surface area contributed by atoms with E-state index < -0.39 is 6.86 Å². The molecule has 0 bridgehead atoms. The van der Waals surface area contributed by atoms with Gasteiger partial charge in [0.05, 0.1) is 6.61 Å². The van der Waals surface area contributed by atoms with Gasteiger partial charge in [-0.3, -0.25) is 0 Å². The summed E-state index contributed by atoms with van der Waals surface area (Å²) in [6, 6.07) is 8.64. The Balaban J connectivity index is 2.46. The van der Waals surface area contributed by atoms with Crippen LogP contribution in [0.3, 0.4) is 0 Å². The molecule has 0 amide bonds. The van der Waals surface area contributed by atoms with Crippen molar-refractivity contribution >= 4 is 0 Å². The molecule has 0 aromatic heterocycles. The molecule has 0 aliphatic rings. The summed E-state index contributed by atoms with van der Waals surface area (Å²) < 4.78 is 16.3. The number of ether oxygens (including phenoxy) is 1. The Morgan fingerprint density at radius 3 is 2.25 bits per heavy atom. The number of hydrogen-bond donors (Lipinski definition) is 0. The van der Waals surface area contributed by atoms with Crippen LogP contribution >= 0.6 is 0 Å². The molecule has 1 aromatic rings. The van der Waals surface area contributed by atoms with E-state index in [0.29, 0.717) is 6.61 Å². The molecule has 0 heterocycles. The quantitative estimate of drug-likeness (QED) is 0.690. The lowest BCUT2D eigenvalue weighted by Gasteiger charge is -2.19. The van der Waals surface area contributed by atoms with Crippen LogP contribution < -0.4 is 0 Å². The highest BCUT2D eigenvalue weighted by molar-refractivity contribution is 5.27. The van der Waals surface area contributed by atoms with Gasteiger partial charge in [0.25, 0.3) is 0 Å². The molecule has 0 N–H and O–H groups in total. The highest BCUT2D eigenvalue weighted by atomic mass is 19.1. The zero-order valence-corrected chi connectivity index (χ0v) is 10.4. The molecule has 0 fully saturated rings. The molecule has 1 rings (SSSR count). The molecule has 0 aliphatic carbocycles. The summed E-state index contributed by atoms with van der Waals surface area (Å²) >= 11 is 0. The lowest BCUT2D eigenvalue weighted by Crippen LogP contribution is -2.10. The summed E-state index contributed by atoms with van der Waals surface area (Å²) in [4.78, 5) is 0. The van der Waals surface area contributed by atoms with Crippen molar-refractivity contribution < 1.29 is 9.13 Å². The molecule has 0 radical (unpaired) electrons. The minimum absolute atomic E-state index is 0.204. The molecule has 2 heteroatoms. The van der Waals surface area contributed by atoms with E-state index in [0.717, 1.165) is 12.8 Å². The molecule has 0 aliphatic heterocycles. The monoisotopic (exact) mass is 224 g/mol. The molecule has 1 aromatic carbocycles. The molecule has 0 saturated heterocycles. The maximum Gasteiger partial charge on any atom is 0.188 e. The van der Waals surface area contributed by atoms with Crippen molar-refractivity contribution in [2.24, 2.45) is 0 Å². The summed E-state index contributed by atoms with van der Waals surface area (Å²) in [7, 11) is 0. The molecule has 16 heavy (non-hydrogen) atoms. The maximum absolute atomic E-state index is 11.7. The van der Waals surface area contributed by atoms with Gasteiger partial charge >= 0.3 is 0 Å². The predicted octanol–water partition coefficient (Wildman–Crippen LogP) is 3.86. The van der Waals surface area contributed by atoms with Crippen molar-refractivity contribution in [1.82, 2.24) is 0 Å². The Morgan fingerprint density at radius 1 is 1.12 bits per heavy atom. The second kappa shape index (κ2) is 6.00. The molecule has 0 unspecified atom stereocenters. The van der Waals surface area contributed by atoms with Crippen LogP contribution in [0.15, 0.2) is 24.3 Å². The Kier molecular flexibility index (Phi) is 4.94. The molecule has 0 atom stereocenters. The standard InChI is InChI=1S/C14H21FO/c1-14(2,3)13-8-6-12(7-9-13)5-4-10-16-11-15/h6-9H,4-5,10-11H2,1-3H3. The third-order valence-corrected chi connectivity index (χ3v) is 2.65. The zero-order chi connectivity index (χ0) is 12.0. The van der Waals surface area contributed by atoms with Gasteiger partial charge in [-0.1, -0.05) is 45.0 Å². The van der Waals surface area contributed by atoms with Crippen molar-refractivity contribution in [3.8, 4) is 0 Å². The topological polar surface area (TPSA) is 9.23 Å². The largest absolute Gasteiger partial charge is 0.350 e. The fourth-order valence-electron chi connectivity index (χ4n) is 1.60. The van der Waals surface area contributed by atoms with Crippen molar-refractivity contribution in [1.29, 1.82) is 0 Å². The SMILES string of the molecule is CC(C)(C)c1ccc(CCCOCF)cc1. The Morgan fingerprint density at radius 2 is 1.75 bits per heavy atom. The van der Waals surface area contributed by atoms with Crippen LogP contribution in [0.5, 0.6) is 0 Å². The van der Waals surface area contributed by atoms with Gasteiger partial charge in [-0.15, -0.1) is 0 Å². The minimum Gasteiger partial charge on any atom is -0.350 e. The van der Waals surface area contributed by atoms with Crippen LogP contribution in [0, 0.1) is 0 Å². The first-order valence-electron chi connectivity index (χ1n) is 5.77. The van der Waals surface area contributed by atoms with Gasteiger partial charge in [-0.2, -0.15) is 0 Å². The van der Waals surface area contributed by atoms with E-state index in [2.05, 4.69) is 49.8 Å². The van der Waals surface area contributed by atoms with E-state index in [-0.39, 0.29) is 5.41 Å². The Labute approximate surface area is 97.6 Å². The molecular weight excluding hydrogens is 203 g/mol. The lowest BCUT2D eigenvalue weighted by molar-refractivity contribution is 0.0566. The normalized spacial score (nSPS) is 11.8. The summed E-state index contributed by atoms with van der Waals surface area (Å²) in [5.41, 5.74) is 2.84. The number of alkyl halides is 1. The van der Waals surface area contributed by atoms with Crippen molar-refractivity contribution in [2.75, 3.05) is 13.5 Å². The van der Waals surface area contributed by atoms with Crippen LogP contribution in [-0.4, -0.2) is 13.5 Å². The summed E-state index contributed by atoms with van der Waals surface area (Å²) in [5, 5.41) is 0. The van der Waals surface area contributed by atoms with E-state index in [1.807, 2.05) is 0 Å². The second-order valence-corrected chi connectivity index (χ2v) is 5.07. The van der Waals surface area contributed by atoms with Gasteiger partial charge in [-0.25, -0.2) is 4.39 Å².